The van der Waals surface area contributed by atoms with Gasteiger partial charge in [-0.05, 0) is 49.3 Å². The lowest BCUT2D eigenvalue weighted by Crippen LogP contribution is -2.39. The van der Waals surface area contributed by atoms with Gasteiger partial charge in [-0.15, -0.1) is 0 Å². The number of carbonyl (C=O) groups is 1. The van der Waals surface area contributed by atoms with E-state index in [0.29, 0.717) is 6.04 Å². The van der Waals surface area contributed by atoms with Crippen LogP contribution < -0.4 is 4.90 Å². The number of hydrogen-bond donors (Lipinski definition) is 1. The molecule has 1 unspecified atom stereocenters. The summed E-state index contributed by atoms with van der Waals surface area (Å²) >= 11 is 1.54. The van der Waals surface area contributed by atoms with Crippen LogP contribution in [0.2, 0.25) is 0 Å². The van der Waals surface area contributed by atoms with Gasteiger partial charge in [-0.3, -0.25) is 4.79 Å². The highest BCUT2D eigenvalue weighted by molar-refractivity contribution is 7.11. The highest BCUT2D eigenvalue weighted by Crippen LogP contribution is 2.36. The van der Waals surface area contributed by atoms with Crippen molar-refractivity contribution in [3.05, 3.63) is 24.3 Å². The second-order valence-corrected chi connectivity index (χ2v) is 6.03. The van der Waals surface area contributed by atoms with Gasteiger partial charge in [-0.25, -0.2) is 0 Å². The second kappa shape index (κ2) is 5.79. The van der Waals surface area contributed by atoms with Crippen molar-refractivity contribution in [2.75, 3.05) is 11.4 Å². The second-order valence-electron chi connectivity index (χ2n) is 5.28. The van der Waals surface area contributed by atoms with Gasteiger partial charge < -0.3 is 10.0 Å². The fraction of sp³-hybridized carbons (Fsp3) is 0.467. The molecule has 0 saturated carbocycles. The molecule has 3 rings (SSSR count). The Morgan fingerprint density at radius 3 is 3.10 bits per heavy atom. The van der Waals surface area contributed by atoms with E-state index < -0.39 is 5.97 Å². The molecule has 1 aromatic carbocycles. The Balaban J connectivity index is 1.87. The fourth-order valence-electron chi connectivity index (χ4n) is 2.94. The molecule has 0 aliphatic carbocycles. The lowest BCUT2D eigenvalue weighted by atomic mass is 9.98. The van der Waals surface area contributed by atoms with E-state index in [0.717, 1.165) is 24.9 Å². The van der Waals surface area contributed by atoms with E-state index in [1.54, 1.807) is 0 Å². The lowest BCUT2D eigenvalue weighted by Gasteiger charge is -2.36. The molecule has 4 nitrogen and oxygen atoms in total. The normalized spacial score (nSPS) is 19.4. The first kappa shape index (κ1) is 13.4. The van der Waals surface area contributed by atoms with Gasteiger partial charge in [0.05, 0.1) is 5.52 Å². The number of carboxylic acids is 1. The largest absolute Gasteiger partial charge is 0.481 e. The minimum Gasteiger partial charge on any atom is -0.481 e. The van der Waals surface area contributed by atoms with E-state index in [-0.39, 0.29) is 6.42 Å². The molecule has 1 N–H and O–H groups in total. The minimum absolute atomic E-state index is 0.248. The summed E-state index contributed by atoms with van der Waals surface area (Å²) in [6.45, 7) is 1.01. The Kier molecular flexibility index (Phi) is 3.87. The Morgan fingerprint density at radius 1 is 1.40 bits per heavy atom. The molecule has 1 atom stereocenters. The van der Waals surface area contributed by atoms with Crippen molar-refractivity contribution in [1.82, 2.24) is 4.37 Å². The molecule has 1 aliphatic heterocycles. The summed E-state index contributed by atoms with van der Waals surface area (Å²) < 4.78 is 4.51. The van der Waals surface area contributed by atoms with Gasteiger partial charge in [0.25, 0.3) is 0 Å². The number of aliphatic carboxylic acids is 1. The molecular formula is C15H18N2O2S. The monoisotopic (exact) mass is 290 g/mol. The highest BCUT2D eigenvalue weighted by atomic mass is 32.1. The van der Waals surface area contributed by atoms with Crippen LogP contribution in [0.4, 0.5) is 5.00 Å². The van der Waals surface area contributed by atoms with E-state index in [2.05, 4.69) is 15.3 Å². The van der Waals surface area contributed by atoms with Crippen molar-refractivity contribution >= 4 is 33.4 Å². The average molecular weight is 290 g/mol. The van der Waals surface area contributed by atoms with Crippen LogP contribution in [0.15, 0.2) is 24.3 Å². The molecule has 0 bridgehead atoms. The number of nitrogens with zero attached hydrogens (tertiary/aromatic N) is 2. The third kappa shape index (κ3) is 2.63. The predicted octanol–water partition coefficient (Wildman–Crippen LogP) is 3.52. The van der Waals surface area contributed by atoms with E-state index in [1.165, 1.54) is 34.8 Å². The number of aromatic nitrogens is 1. The Hall–Kier alpha value is -1.62. The third-order valence-corrected chi connectivity index (χ3v) is 4.86. The SMILES string of the molecule is O=C(O)CCC1CCCCN1c1snc2ccccc12. The molecular weight excluding hydrogens is 272 g/mol. The van der Waals surface area contributed by atoms with Crippen LogP contribution in [-0.2, 0) is 4.79 Å². The van der Waals surface area contributed by atoms with E-state index in [4.69, 9.17) is 5.11 Å². The molecule has 0 amide bonds. The maximum Gasteiger partial charge on any atom is 0.303 e. The van der Waals surface area contributed by atoms with Gasteiger partial charge in [0.15, 0.2) is 0 Å². The fourth-order valence-corrected chi connectivity index (χ4v) is 3.90. The summed E-state index contributed by atoms with van der Waals surface area (Å²) in [5.74, 6) is -0.704. The maximum absolute atomic E-state index is 10.8. The summed E-state index contributed by atoms with van der Waals surface area (Å²) in [6.07, 6.45) is 4.42. The molecule has 5 heteroatoms. The van der Waals surface area contributed by atoms with Crippen molar-refractivity contribution < 1.29 is 9.90 Å². The molecule has 1 aromatic heterocycles. The zero-order chi connectivity index (χ0) is 13.9. The van der Waals surface area contributed by atoms with Crippen LogP contribution in [0.3, 0.4) is 0 Å². The van der Waals surface area contributed by atoms with Crippen LogP contribution in [0.5, 0.6) is 0 Å². The highest BCUT2D eigenvalue weighted by Gasteiger charge is 2.25. The molecule has 2 aromatic rings. The summed E-state index contributed by atoms with van der Waals surface area (Å²) in [6, 6.07) is 8.52. The molecule has 106 valence electrons. The molecule has 0 spiro atoms. The Bertz CT molecular complexity index is 611. The number of hydrogen-bond acceptors (Lipinski definition) is 4. The minimum atomic E-state index is -0.704. The van der Waals surface area contributed by atoms with E-state index in [9.17, 15) is 4.79 Å². The smallest absolute Gasteiger partial charge is 0.303 e. The standard InChI is InChI=1S/C15H18N2O2S/c18-14(19)9-8-11-5-3-4-10-17(11)15-12-6-1-2-7-13(12)16-20-15/h1-2,6-7,11H,3-5,8-10H2,(H,18,19). The number of fused-ring (bicyclic) bond motifs is 1. The van der Waals surface area contributed by atoms with Crippen LogP contribution in [0, 0.1) is 0 Å². The van der Waals surface area contributed by atoms with Crippen molar-refractivity contribution in [2.45, 2.75) is 38.1 Å². The zero-order valence-electron chi connectivity index (χ0n) is 11.3. The first-order valence-corrected chi connectivity index (χ1v) is 7.86. The van der Waals surface area contributed by atoms with E-state index in [1.807, 2.05) is 18.2 Å². The number of anilines is 1. The quantitative estimate of drug-likeness (QED) is 0.936. The Labute approximate surface area is 122 Å². The number of benzene rings is 1. The van der Waals surface area contributed by atoms with Gasteiger partial charge in [0.1, 0.15) is 5.00 Å². The van der Waals surface area contributed by atoms with Crippen molar-refractivity contribution in [1.29, 1.82) is 0 Å². The first-order chi connectivity index (χ1) is 9.75. The molecule has 0 radical (unpaired) electrons. The van der Waals surface area contributed by atoms with E-state index >= 15 is 0 Å². The summed E-state index contributed by atoms with van der Waals surface area (Å²) in [5.41, 5.74) is 1.04. The third-order valence-electron chi connectivity index (χ3n) is 3.94. The molecule has 1 aliphatic rings. The number of piperidine rings is 1. The van der Waals surface area contributed by atoms with Crippen LogP contribution >= 0.6 is 11.5 Å². The lowest BCUT2D eigenvalue weighted by molar-refractivity contribution is -0.137. The zero-order valence-corrected chi connectivity index (χ0v) is 12.1. The van der Waals surface area contributed by atoms with Crippen molar-refractivity contribution in [2.24, 2.45) is 0 Å². The van der Waals surface area contributed by atoms with Crippen LogP contribution in [-0.4, -0.2) is 28.0 Å². The molecule has 1 fully saturated rings. The van der Waals surface area contributed by atoms with Crippen LogP contribution in [0.25, 0.3) is 10.9 Å². The maximum atomic E-state index is 10.8. The van der Waals surface area contributed by atoms with Gasteiger partial charge >= 0.3 is 5.97 Å². The molecule has 2 heterocycles. The first-order valence-electron chi connectivity index (χ1n) is 7.08. The van der Waals surface area contributed by atoms with Gasteiger partial charge in [-0.2, -0.15) is 4.37 Å². The topological polar surface area (TPSA) is 53.4 Å². The summed E-state index contributed by atoms with van der Waals surface area (Å²) in [7, 11) is 0. The predicted molar refractivity (Wildman–Crippen MR) is 81.5 cm³/mol. The van der Waals surface area contributed by atoms with Crippen molar-refractivity contribution in [3.63, 3.8) is 0 Å². The number of carboxylic acid groups (broad SMARTS) is 1. The number of rotatable bonds is 4. The van der Waals surface area contributed by atoms with Crippen LogP contribution in [0.1, 0.15) is 32.1 Å². The van der Waals surface area contributed by atoms with Gasteiger partial charge in [0, 0.05) is 24.4 Å². The Morgan fingerprint density at radius 2 is 2.25 bits per heavy atom. The molecule has 1 saturated heterocycles. The average Bonchev–Trinajstić information content (AvgIpc) is 2.89. The van der Waals surface area contributed by atoms with Crippen molar-refractivity contribution in [3.8, 4) is 0 Å². The summed E-state index contributed by atoms with van der Waals surface area (Å²) in [5, 5.41) is 11.3. The molecule has 20 heavy (non-hydrogen) atoms. The summed E-state index contributed by atoms with van der Waals surface area (Å²) in [4.78, 5) is 13.2. The van der Waals surface area contributed by atoms with Gasteiger partial charge in [0.2, 0.25) is 0 Å². The van der Waals surface area contributed by atoms with Gasteiger partial charge in [-0.1, -0.05) is 12.1 Å².